The first-order valence-electron chi connectivity index (χ1n) is 15.4. The molecule has 40 heavy (non-hydrogen) atoms. The van der Waals surface area contributed by atoms with E-state index in [4.69, 9.17) is 9.47 Å². The molecule has 0 bridgehead atoms. The zero-order valence-corrected chi connectivity index (χ0v) is 27.3. The number of hydrogen-bond donors (Lipinski definition) is 0. The Labute approximate surface area is 244 Å². The van der Waals surface area contributed by atoms with Gasteiger partial charge in [-0.05, 0) is 130 Å². The van der Waals surface area contributed by atoms with E-state index < -0.39 is 5.60 Å². The van der Waals surface area contributed by atoms with Crippen molar-refractivity contribution in [2.24, 2.45) is 11.8 Å². The molecular formula is C36H54O4. The fraction of sp³-hybridized carbons (Fsp3) is 0.611. The summed E-state index contributed by atoms with van der Waals surface area (Å²) in [7, 11) is 0. The summed E-state index contributed by atoms with van der Waals surface area (Å²) >= 11 is 0. The minimum absolute atomic E-state index is 0.173. The fourth-order valence-corrected chi connectivity index (χ4v) is 5.84. The smallest absolute Gasteiger partial charge is 0.314 e. The van der Waals surface area contributed by atoms with Crippen molar-refractivity contribution in [2.75, 3.05) is 0 Å². The van der Waals surface area contributed by atoms with E-state index in [1.54, 1.807) is 0 Å². The lowest BCUT2D eigenvalue weighted by Crippen LogP contribution is -2.34. The van der Waals surface area contributed by atoms with Gasteiger partial charge in [-0.1, -0.05) is 60.6 Å². The summed E-state index contributed by atoms with van der Waals surface area (Å²) in [5, 5.41) is 0. The maximum absolute atomic E-state index is 13.3. The van der Waals surface area contributed by atoms with Gasteiger partial charge in [-0.2, -0.15) is 0 Å². The largest absolute Gasteiger partial charge is 0.459 e. The van der Waals surface area contributed by atoms with E-state index in [9.17, 15) is 9.59 Å². The summed E-state index contributed by atoms with van der Waals surface area (Å²) in [6.45, 7) is 25.1. The van der Waals surface area contributed by atoms with E-state index in [0.29, 0.717) is 18.6 Å². The standard InChI is InChI=1S/C36H54O4/c1-13-28(22-27(10)33(37)40-36(12,16-4)17-5)34(38)39-32-25(8)20-30(21-26(32)9)29-18-23(6)31(24(7)19-29)35(11,14-2)15-3/h18-21,27-28H,13-17,22H2,1-12H3. The van der Waals surface area contributed by atoms with E-state index in [1.807, 2.05) is 48.5 Å². The lowest BCUT2D eigenvalue weighted by Gasteiger charge is -2.31. The van der Waals surface area contributed by atoms with Crippen molar-refractivity contribution in [3.05, 3.63) is 52.1 Å². The summed E-state index contributed by atoms with van der Waals surface area (Å²) in [5.74, 6) is -0.675. The molecule has 2 unspecified atom stereocenters. The number of hydrogen-bond acceptors (Lipinski definition) is 4. The van der Waals surface area contributed by atoms with Gasteiger partial charge in [-0.25, -0.2) is 0 Å². The maximum Gasteiger partial charge on any atom is 0.314 e. The van der Waals surface area contributed by atoms with Crippen molar-refractivity contribution in [1.29, 1.82) is 0 Å². The Morgan fingerprint density at radius 3 is 1.57 bits per heavy atom. The van der Waals surface area contributed by atoms with Gasteiger partial charge >= 0.3 is 11.9 Å². The van der Waals surface area contributed by atoms with Crippen LogP contribution in [-0.4, -0.2) is 17.5 Å². The number of carbonyl (C=O) groups is 2. The highest BCUT2D eigenvalue weighted by molar-refractivity contribution is 5.79. The number of ether oxygens (including phenoxy) is 2. The Morgan fingerprint density at radius 1 is 0.725 bits per heavy atom. The van der Waals surface area contributed by atoms with Gasteiger partial charge in [0, 0.05) is 0 Å². The van der Waals surface area contributed by atoms with Crippen molar-refractivity contribution in [2.45, 2.75) is 133 Å². The highest BCUT2D eigenvalue weighted by Crippen LogP contribution is 2.39. The molecular weight excluding hydrogens is 496 g/mol. The Morgan fingerprint density at radius 2 is 1.18 bits per heavy atom. The second-order valence-electron chi connectivity index (χ2n) is 12.4. The van der Waals surface area contributed by atoms with Crippen LogP contribution >= 0.6 is 0 Å². The highest BCUT2D eigenvalue weighted by atomic mass is 16.6. The maximum atomic E-state index is 13.3. The van der Waals surface area contributed by atoms with Gasteiger partial charge in [-0.3, -0.25) is 9.59 Å². The Kier molecular flexibility index (Phi) is 11.6. The number of esters is 2. The third-order valence-electron chi connectivity index (χ3n) is 9.40. The van der Waals surface area contributed by atoms with E-state index in [1.165, 1.54) is 22.3 Å². The first-order chi connectivity index (χ1) is 18.7. The molecule has 0 fully saturated rings. The molecule has 0 saturated carbocycles. The van der Waals surface area contributed by atoms with Crippen molar-refractivity contribution in [1.82, 2.24) is 0 Å². The summed E-state index contributed by atoms with van der Waals surface area (Å²) in [4.78, 5) is 26.0. The zero-order chi connectivity index (χ0) is 30.4. The molecule has 0 spiro atoms. The van der Waals surface area contributed by atoms with Gasteiger partial charge in [0.2, 0.25) is 0 Å². The van der Waals surface area contributed by atoms with Crippen LogP contribution < -0.4 is 4.74 Å². The summed E-state index contributed by atoms with van der Waals surface area (Å²) in [5.41, 5.74) is 7.98. The third-order valence-corrected chi connectivity index (χ3v) is 9.40. The van der Waals surface area contributed by atoms with Crippen molar-refractivity contribution in [3.63, 3.8) is 0 Å². The van der Waals surface area contributed by atoms with Crippen LogP contribution in [0.4, 0.5) is 0 Å². The minimum atomic E-state index is -0.466. The molecule has 2 rings (SSSR count). The predicted molar refractivity (Wildman–Crippen MR) is 167 cm³/mol. The SMILES string of the molecule is CCC(CC(C)C(=O)OC(C)(CC)CC)C(=O)Oc1c(C)cc(-c2cc(C)c(C(C)(CC)CC)c(C)c2)cc1C. The minimum Gasteiger partial charge on any atom is -0.459 e. The lowest BCUT2D eigenvalue weighted by atomic mass is 9.73. The summed E-state index contributed by atoms with van der Waals surface area (Å²) in [6, 6.07) is 8.81. The van der Waals surface area contributed by atoms with Crippen LogP contribution in [0, 0.1) is 39.5 Å². The zero-order valence-electron chi connectivity index (χ0n) is 27.3. The topological polar surface area (TPSA) is 52.6 Å². The molecule has 2 aromatic rings. The quantitative estimate of drug-likeness (QED) is 0.184. The molecule has 4 heteroatoms. The third kappa shape index (κ3) is 7.56. The molecule has 2 atom stereocenters. The number of aryl methyl sites for hydroxylation is 4. The van der Waals surface area contributed by atoms with Crippen LogP contribution in [0.15, 0.2) is 24.3 Å². The van der Waals surface area contributed by atoms with Crippen LogP contribution in [0.1, 0.15) is 122 Å². The second kappa shape index (κ2) is 13.8. The van der Waals surface area contributed by atoms with Gasteiger partial charge in [0.05, 0.1) is 11.8 Å². The van der Waals surface area contributed by atoms with Crippen LogP contribution in [0.25, 0.3) is 11.1 Å². The van der Waals surface area contributed by atoms with Crippen molar-refractivity contribution in [3.8, 4) is 16.9 Å². The van der Waals surface area contributed by atoms with Gasteiger partial charge < -0.3 is 9.47 Å². The van der Waals surface area contributed by atoms with Crippen molar-refractivity contribution >= 4 is 11.9 Å². The fourth-order valence-electron chi connectivity index (χ4n) is 5.84. The molecule has 4 nitrogen and oxygen atoms in total. The number of carbonyl (C=O) groups excluding carboxylic acids is 2. The Hall–Kier alpha value is -2.62. The Bertz CT molecular complexity index is 1140. The predicted octanol–water partition coefficient (Wildman–Crippen LogP) is 9.74. The average Bonchev–Trinajstić information content (AvgIpc) is 2.92. The highest BCUT2D eigenvalue weighted by Gasteiger charge is 2.31. The first-order valence-corrected chi connectivity index (χ1v) is 15.4. The molecule has 0 N–H and O–H groups in total. The van der Waals surface area contributed by atoms with Crippen LogP contribution in [0.2, 0.25) is 0 Å². The normalized spacial score (nSPS) is 13.6. The van der Waals surface area contributed by atoms with Gasteiger partial charge in [0.15, 0.2) is 0 Å². The molecule has 0 radical (unpaired) electrons. The van der Waals surface area contributed by atoms with Crippen molar-refractivity contribution < 1.29 is 19.1 Å². The van der Waals surface area contributed by atoms with Gasteiger partial charge in [0.25, 0.3) is 0 Å². The summed E-state index contributed by atoms with van der Waals surface area (Å²) in [6.07, 6.45) is 4.75. The molecule has 0 aliphatic heterocycles. The summed E-state index contributed by atoms with van der Waals surface area (Å²) < 4.78 is 11.8. The van der Waals surface area contributed by atoms with Crippen LogP contribution in [0.5, 0.6) is 5.75 Å². The molecule has 0 aliphatic rings. The van der Waals surface area contributed by atoms with E-state index in [2.05, 4.69) is 58.9 Å². The molecule has 0 aliphatic carbocycles. The number of rotatable bonds is 13. The second-order valence-corrected chi connectivity index (χ2v) is 12.4. The van der Waals surface area contributed by atoms with Gasteiger partial charge in [0.1, 0.15) is 11.4 Å². The van der Waals surface area contributed by atoms with Crippen LogP contribution in [0.3, 0.4) is 0 Å². The Balaban J connectivity index is 2.26. The lowest BCUT2D eigenvalue weighted by molar-refractivity contribution is -0.164. The molecule has 0 heterocycles. The number of benzene rings is 2. The molecule has 0 saturated heterocycles. The monoisotopic (exact) mass is 550 g/mol. The molecule has 222 valence electrons. The first kappa shape index (κ1) is 33.6. The molecule has 0 aromatic heterocycles. The van der Waals surface area contributed by atoms with Crippen LogP contribution in [-0.2, 0) is 19.7 Å². The van der Waals surface area contributed by atoms with Gasteiger partial charge in [-0.15, -0.1) is 0 Å². The molecule has 0 amide bonds. The average molecular weight is 551 g/mol. The van der Waals surface area contributed by atoms with E-state index >= 15 is 0 Å². The van der Waals surface area contributed by atoms with E-state index in [0.717, 1.165) is 42.4 Å². The molecule has 2 aromatic carbocycles. The van der Waals surface area contributed by atoms with E-state index in [-0.39, 0.29) is 29.2 Å².